The summed E-state index contributed by atoms with van der Waals surface area (Å²) in [4.78, 5) is 0. The molecule has 2 heteroatoms. The fourth-order valence-electron chi connectivity index (χ4n) is 4.05. The summed E-state index contributed by atoms with van der Waals surface area (Å²) in [5, 5.41) is 7.58. The van der Waals surface area contributed by atoms with Crippen molar-refractivity contribution in [3.05, 3.63) is 29.8 Å². The van der Waals surface area contributed by atoms with Crippen LogP contribution in [0.2, 0.25) is 0 Å². The van der Waals surface area contributed by atoms with E-state index in [-0.39, 0.29) is 0 Å². The van der Waals surface area contributed by atoms with Gasteiger partial charge in [-0.05, 0) is 50.3 Å². The minimum Gasteiger partial charge on any atom is -0.382 e. The van der Waals surface area contributed by atoms with Gasteiger partial charge in [0.25, 0.3) is 0 Å². The Morgan fingerprint density at radius 3 is 2.04 bits per heavy atom. The van der Waals surface area contributed by atoms with Crippen LogP contribution < -0.4 is 10.6 Å². The second kappa shape index (κ2) is 8.42. The van der Waals surface area contributed by atoms with Crippen molar-refractivity contribution in [3.8, 4) is 0 Å². The normalized spacial score (nSPS) is 20.7. The molecule has 2 nitrogen and oxygen atoms in total. The molecular weight excluding hydrogens is 280 g/mol. The Morgan fingerprint density at radius 1 is 0.826 bits per heavy atom. The molecule has 0 heterocycles. The van der Waals surface area contributed by atoms with Crippen LogP contribution in [0.4, 0.5) is 11.4 Å². The van der Waals surface area contributed by atoms with E-state index in [1.807, 2.05) is 0 Å². The molecule has 0 atom stereocenters. The minimum atomic E-state index is 0.651. The summed E-state index contributed by atoms with van der Waals surface area (Å²) in [5.41, 5.74) is 3.89. The molecule has 1 aromatic rings. The van der Waals surface area contributed by atoms with Crippen molar-refractivity contribution in [1.29, 1.82) is 0 Å². The Balaban J connectivity index is 1.72. The highest BCUT2D eigenvalue weighted by molar-refractivity contribution is 5.71. The molecule has 0 amide bonds. The SMILES string of the molecule is CC=Cc1ccc(NC2CCCCC2)cc1NC1CCCCC1. The first-order valence-electron chi connectivity index (χ1n) is 9.65. The molecule has 0 aliphatic heterocycles. The Kier molecular flexibility index (Phi) is 6.01. The molecule has 23 heavy (non-hydrogen) atoms. The first kappa shape index (κ1) is 16.4. The molecular formula is C21H32N2. The standard InChI is InChI=1S/C21H32N2/c1-2-9-17-14-15-20(22-18-10-5-3-6-11-18)16-21(17)23-19-12-7-4-8-13-19/h2,9,14-16,18-19,22-23H,3-8,10-13H2,1H3. The van der Waals surface area contributed by atoms with Gasteiger partial charge in [0.05, 0.1) is 0 Å². The highest BCUT2D eigenvalue weighted by Crippen LogP contribution is 2.29. The minimum absolute atomic E-state index is 0.651. The van der Waals surface area contributed by atoms with Crippen molar-refractivity contribution >= 4 is 17.5 Å². The average molecular weight is 313 g/mol. The third-order valence-electron chi connectivity index (χ3n) is 5.34. The van der Waals surface area contributed by atoms with Crippen LogP contribution >= 0.6 is 0 Å². The Morgan fingerprint density at radius 2 is 1.43 bits per heavy atom. The summed E-state index contributed by atoms with van der Waals surface area (Å²) in [6, 6.07) is 8.15. The molecule has 2 saturated carbocycles. The van der Waals surface area contributed by atoms with Crippen LogP contribution in [0, 0.1) is 0 Å². The quantitative estimate of drug-likeness (QED) is 0.675. The molecule has 0 aromatic heterocycles. The Bertz CT molecular complexity index is 509. The molecule has 2 fully saturated rings. The van der Waals surface area contributed by atoms with Gasteiger partial charge in [-0.3, -0.25) is 0 Å². The highest BCUT2D eigenvalue weighted by Gasteiger charge is 2.16. The van der Waals surface area contributed by atoms with Crippen LogP contribution in [0.5, 0.6) is 0 Å². The van der Waals surface area contributed by atoms with E-state index in [9.17, 15) is 0 Å². The van der Waals surface area contributed by atoms with E-state index in [0.29, 0.717) is 12.1 Å². The molecule has 0 unspecified atom stereocenters. The number of benzene rings is 1. The molecule has 3 rings (SSSR count). The van der Waals surface area contributed by atoms with Gasteiger partial charge in [0, 0.05) is 23.5 Å². The first-order valence-corrected chi connectivity index (χ1v) is 9.65. The number of hydrogen-bond donors (Lipinski definition) is 2. The van der Waals surface area contributed by atoms with E-state index < -0.39 is 0 Å². The zero-order valence-electron chi connectivity index (χ0n) is 14.6. The maximum atomic E-state index is 3.82. The molecule has 0 bridgehead atoms. The summed E-state index contributed by atoms with van der Waals surface area (Å²) in [6.45, 7) is 2.10. The van der Waals surface area contributed by atoms with Gasteiger partial charge in [0.2, 0.25) is 0 Å². The maximum absolute atomic E-state index is 3.82. The predicted octanol–water partition coefficient (Wildman–Crippen LogP) is 6.21. The van der Waals surface area contributed by atoms with Crippen molar-refractivity contribution in [1.82, 2.24) is 0 Å². The second-order valence-electron chi connectivity index (χ2n) is 7.26. The second-order valence-corrected chi connectivity index (χ2v) is 7.26. The highest BCUT2D eigenvalue weighted by atomic mass is 14.9. The van der Waals surface area contributed by atoms with E-state index >= 15 is 0 Å². The average Bonchev–Trinajstić information content (AvgIpc) is 2.59. The molecule has 2 aliphatic rings. The van der Waals surface area contributed by atoms with Gasteiger partial charge in [0.1, 0.15) is 0 Å². The lowest BCUT2D eigenvalue weighted by atomic mass is 9.94. The Labute approximate surface area is 141 Å². The predicted molar refractivity (Wildman–Crippen MR) is 102 cm³/mol. The summed E-state index contributed by atoms with van der Waals surface area (Å²) in [5.74, 6) is 0. The molecule has 0 radical (unpaired) electrons. The number of anilines is 2. The van der Waals surface area contributed by atoms with Gasteiger partial charge in [-0.2, -0.15) is 0 Å². The lowest BCUT2D eigenvalue weighted by molar-refractivity contribution is 0.461. The third-order valence-corrected chi connectivity index (χ3v) is 5.34. The smallest absolute Gasteiger partial charge is 0.0436 e. The lowest BCUT2D eigenvalue weighted by Crippen LogP contribution is -2.24. The van der Waals surface area contributed by atoms with E-state index in [1.54, 1.807) is 0 Å². The summed E-state index contributed by atoms with van der Waals surface area (Å²) in [6.07, 6.45) is 17.9. The van der Waals surface area contributed by atoms with Crippen LogP contribution in [-0.2, 0) is 0 Å². The fourth-order valence-corrected chi connectivity index (χ4v) is 4.05. The van der Waals surface area contributed by atoms with Crippen molar-refractivity contribution in [2.24, 2.45) is 0 Å². The van der Waals surface area contributed by atoms with Gasteiger partial charge in [-0.15, -0.1) is 0 Å². The zero-order chi connectivity index (χ0) is 15.9. The maximum Gasteiger partial charge on any atom is 0.0436 e. The molecule has 0 spiro atoms. The largest absolute Gasteiger partial charge is 0.382 e. The molecule has 126 valence electrons. The summed E-state index contributed by atoms with van der Waals surface area (Å²) in [7, 11) is 0. The van der Waals surface area contributed by atoms with Crippen molar-refractivity contribution < 1.29 is 0 Å². The van der Waals surface area contributed by atoms with E-state index in [2.05, 4.69) is 47.9 Å². The van der Waals surface area contributed by atoms with Crippen molar-refractivity contribution in [2.45, 2.75) is 83.2 Å². The van der Waals surface area contributed by atoms with E-state index in [4.69, 9.17) is 0 Å². The van der Waals surface area contributed by atoms with Gasteiger partial charge < -0.3 is 10.6 Å². The van der Waals surface area contributed by atoms with Crippen molar-refractivity contribution in [2.75, 3.05) is 10.6 Å². The number of allylic oxidation sites excluding steroid dienone is 1. The van der Waals surface area contributed by atoms with Crippen LogP contribution in [0.25, 0.3) is 6.08 Å². The molecule has 2 N–H and O–H groups in total. The monoisotopic (exact) mass is 312 g/mol. The van der Waals surface area contributed by atoms with Crippen LogP contribution in [-0.4, -0.2) is 12.1 Å². The number of nitrogens with one attached hydrogen (secondary N) is 2. The molecule has 0 saturated heterocycles. The molecule has 2 aliphatic carbocycles. The van der Waals surface area contributed by atoms with E-state index in [1.165, 1.54) is 81.1 Å². The lowest BCUT2D eigenvalue weighted by Gasteiger charge is -2.27. The van der Waals surface area contributed by atoms with Crippen LogP contribution in [0.3, 0.4) is 0 Å². The number of rotatable bonds is 5. The summed E-state index contributed by atoms with van der Waals surface area (Å²) < 4.78 is 0. The van der Waals surface area contributed by atoms with Gasteiger partial charge in [0.15, 0.2) is 0 Å². The van der Waals surface area contributed by atoms with Gasteiger partial charge in [-0.25, -0.2) is 0 Å². The molecule has 1 aromatic carbocycles. The van der Waals surface area contributed by atoms with Gasteiger partial charge in [-0.1, -0.05) is 56.7 Å². The van der Waals surface area contributed by atoms with Crippen LogP contribution in [0.1, 0.15) is 76.7 Å². The summed E-state index contributed by atoms with van der Waals surface area (Å²) >= 11 is 0. The third kappa shape index (κ3) is 4.76. The van der Waals surface area contributed by atoms with Crippen LogP contribution in [0.15, 0.2) is 24.3 Å². The van der Waals surface area contributed by atoms with Gasteiger partial charge >= 0.3 is 0 Å². The topological polar surface area (TPSA) is 24.1 Å². The zero-order valence-corrected chi connectivity index (χ0v) is 14.6. The fraction of sp³-hybridized carbons (Fsp3) is 0.619. The van der Waals surface area contributed by atoms with Crippen molar-refractivity contribution in [3.63, 3.8) is 0 Å². The Hall–Kier alpha value is -1.44. The first-order chi connectivity index (χ1) is 11.3. The van der Waals surface area contributed by atoms with E-state index in [0.717, 1.165) is 0 Å². The number of hydrogen-bond acceptors (Lipinski definition) is 2.